The number of pyridine rings is 1. The van der Waals surface area contributed by atoms with Gasteiger partial charge in [0, 0.05) is 12.3 Å². The first-order valence-corrected chi connectivity index (χ1v) is 3.06. The van der Waals surface area contributed by atoms with Crippen molar-refractivity contribution < 1.29 is 0 Å². The predicted octanol–water partition coefficient (Wildman–Crippen LogP) is 1.15. The molecule has 10 heavy (non-hydrogen) atoms. The van der Waals surface area contributed by atoms with Crippen LogP contribution in [-0.2, 0) is 0 Å². The zero-order chi connectivity index (χ0) is 7.61. The zero-order valence-electron chi connectivity index (χ0n) is 6.11. The molecule has 1 aromatic rings. The maximum atomic E-state index is 11.2. The molecule has 3 nitrogen and oxygen atoms in total. The number of nitrogens with zero attached hydrogens (tertiary/aromatic N) is 2. The molecule has 0 aromatic carbocycles. The van der Waals surface area contributed by atoms with Gasteiger partial charge in [-0.2, -0.15) is 0 Å². The summed E-state index contributed by atoms with van der Waals surface area (Å²) in [7, 11) is 3.13. The van der Waals surface area contributed by atoms with Crippen LogP contribution in [0.2, 0.25) is 0 Å². The van der Waals surface area contributed by atoms with Gasteiger partial charge in [-0.1, -0.05) is 0 Å². The minimum atomic E-state index is -0.423. The van der Waals surface area contributed by atoms with E-state index in [0.717, 1.165) is 0 Å². The largest absolute Gasteiger partial charge is 0.628 e. The average molecular weight is 138 g/mol. The first-order chi connectivity index (χ1) is 4.61. The minimum Gasteiger partial charge on any atom is -0.628 e. The Hall–Kier alpha value is -0.930. The Morgan fingerprint density at radius 3 is 2.50 bits per heavy atom. The van der Waals surface area contributed by atoms with E-state index in [1.807, 2.05) is 0 Å². The molecule has 0 atom stereocenters. The minimum absolute atomic E-state index is 0.423. The van der Waals surface area contributed by atoms with Gasteiger partial charge in [0.25, 0.3) is 0 Å². The van der Waals surface area contributed by atoms with E-state index in [4.69, 9.17) is 0 Å². The van der Waals surface area contributed by atoms with Crippen LogP contribution in [-0.4, -0.2) is 19.1 Å². The van der Waals surface area contributed by atoms with E-state index in [1.165, 1.54) is 0 Å². The van der Waals surface area contributed by atoms with Crippen LogP contribution in [0.1, 0.15) is 0 Å². The molecule has 0 aliphatic heterocycles. The van der Waals surface area contributed by atoms with E-state index in [9.17, 15) is 5.21 Å². The van der Waals surface area contributed by atoms with Crippen molar-refractivity contribution in [2.75, 3.05) is 14.1 Å². The Kier molecular flexibility index (Phi) is 1.70. The number of aromatic nitrogens is 1. The molecular formula is C7H10N2O. The standard InChI is InChI=1S/C7H10N2O/c1-9(2,10)7-4-3-5-8-6-7/h3-6H,1-2H3. The topological polar surface area (TPSA) is 36.0 Å². The van der Waals surface area contributed by atoms with Gasteiger partial charge in [0.15, 0.2) is 5.69 Å². The summed E-state index contributed by atoms with van der Waals surface area (Å²) < 4.78 is -0.423. The van der Waals surface area contributed by atoms with Gasteiger partial charge >= 0.3 is 0 Å². The van der Waals surface area contributed by atoms with Crippen molar-refractivity contribution in [2.45, 2.75) is 0 Å². The van der Waals surface area contributed by atoms with Crippen molar-refractivity contribution in [1.82, 2.24) is 9.63 Å². The molecule has 1 rings (SSSR count). The van der Waals surface area contributed by atoms with E-state index in [2.05, 4.69) is 4.98 Å². The molecule has 0 spiro atoms. The van der Waals surface area contributed by atoms with E-state index in [0.29, 0.717) is 5.69 Å². The molecule has 54 valence electrons. The normalized spacial score (nSPS) is 11.5. The van der Waals surface area contributed by atoms with Gasteiger partial charge in [0.1, 0.15) is 0 Å². The Morgan fingerprint density at radius 1 is 1.50 bits per heavy atom. The Balaban J connectivity index is 2.97. The third kappa shape index (κ3) is 1.52. The van der Waals surface area contributed by atoms with Crippen LogP contribution in [0.25, 0.3) is 0 Å². The van der Waals surface area contributed by atoms with Crippen molar-refractivity contribution in [1.29, 1.82) is 0 Å². The first-order valence-electron chi connectivity index (χ1n) is 3.06. The molecular weight excluding hydrogens is 128 g/mol. The van der Waals surface area contributed by atoms with Crippen LogP contribution >= 0.6 is 0 Å². The fourth-order valence-corrected chi connectivity index (χ4v) is 0.672. The van der Waals surface area contributed by atoms with E-state index in [1.54, 1.807) is 38.6 Å². The second kappa shape index (κ2) is 2.36. The maximum absolute atomic E-state index is 11.2. The molecule has 0 saturated heterocycles. The summed E-state index contributed by atoms with van der Waals surface area (Å²) in [6, 6.07) is 3.52. The fourth-order valence-electron chi connectivity index (χ4n) is 0.672. The Morgan fingerprint density at radius 2 is 2.20 bits per heavy atom. The van der Waals surface area contributed by atoms with Crippen molar-refractivity contribution in [3.8, 4) is 0 Å². The molecule has 0 aliphatic rings. The smallest absolute Gasteiger partial charge is 0.150 e. The van der Waals surface area contributed by atoms with E-state index >= 15 is 0 Å². The highest BCUT2D eigenvalue weighted by atomic mass is 16.5. The summed E-state index contributed by atoms with van der Waals surface area (Å²) in [5, 5.41) is 11.2. The van der Waals surface area contributed by atoms with Crippen LogP contribution < -0.4 is 4.65 Å². The third-order valence-corrected chi connectivity index (χ3v) is 1.27. The van der Waals surface area contributed by atoms with Gasteiger partial charge in [-0.3, -0.25) is 4.98 Å². The quantitative estimate of drug-likeness (QED) is 0.431. The molecule has 0 unspecified atom stereocenters. The summed E-state index contributed by atoms with van der Waals surface area (Å²) in [5.41, 5.74) is 0.669. The summed E-state index contributed by atoms with van der Waals surface area (Å²) in [5.74, 6) is 0. The van der Waals surface area contributed by atoms with Gasteiger partial charge in [-0.15, -0.1) is 0 Å². The highest BCUT2D eigenvalue weighted by Crippen LogP contribution is 2.13. The lowest BCUT2D eigenvalue weighted by Gasteiger charge is -2.32. The van der Waals surface area contributed by atoms with Crippen molar-refractivity contribution in [3.63, 3.8) is 0 Å². The molecule has 3 heteroatoms. The van der Waals surface area contributed by atoms with Gasteiger partial charge in [-0.05, 0) is 6.07 Å². The first kappa shape index (κ1) is 7.18. The summed E-state index contributed by atoms with van der Waals surface area (Å²) in [6.07, 6.45) is 3.23. The third-order valence-electron chi connectivity index (χ3n) is 1.27. The summed E-state index contributed by atoms with van der Waals surface area (Å²) in [4.78, 5) is 3.84. The SMILES string of the molecule is C[N+](C)([O-])c1cccnc1. The van der Waals surface area contributed by atoms with Crippen molar-refractivity contribution in [3.05, 3.63) is 29.7 Å². The molecule has 0 fully saturated rings. The fraction of sp³-hybridized carbons (Fsp3) is 0.286. The van der Waals surface area contributed by atoms with Crippen LogP contribution in [0.5, 0.6) is 0 Å². The van der Waals surface area contributed by atoms with Gasteiger partial charge < -0.3 is 9.85 Å². The summed E-state index contributed by atoms with van der Waals surface area (Å²) in [6.45, 7) is 0. The van der Waals surface area contributed by atoms with E-state index < -0.39 is 4.65 Å². The van der Waals surface area contributed by atoms with Gasteiger partial charge in [-0.25, -0.2) is 0 Å². The molecule has 0 bridgehead atoms. The Bertz CT molecular complexity index is 203. The second-order valence-corrected chi connectivity index (χ2v) is 2.56. The molecule has 0 amide bonds. The average Bonchev–Trinajstić information content (AvgIpc) is 1.88. The number of rotatable bonds is 1. The lowest BCUT2D eigenvalue weighted by atomic mass is 10.4. The van der Waals surface area contributed by atoms with Crippen LogP contribution in [0.15, 0.2) is 24.5 Å². The van der Waals surface area contributed by atoms with Gasteiger partial charge in [0.05, 0.1) is 20.3 Å². The highest BCUT2D eigenvalue weighted by molar-refractivity contribution is 5.38. The van der Waals surface area contributed by atoms with Crippen molar-refractivity contribution >= 4 is 5.69 Å². The van der Waals surface area contributed by atoms with Crippen molar-refractivity contribution in [2.24, 2.45) is 0 Å². The molecule has 0 radical (unpaired) electrons. The number of hydrogen-bond acceptors (Lipinski definition) is 2. The maximum Gasteiger partial charge on any atom is 0.150 e. The zero-order valence-corrected chi connectivity index (χ0v) is 6.11. The van der Waals surface area contributed by atoms with E-state index in [-0.39, 0.29) is 0 Å². The second-order valence-electron chi connectivity index (χ2n) is 2.56. The molecule has 0 aliphatic carbocycles. The lowest BCUT2D eigenvalue weighted by molar-refractivity contribution is 0.541. The van der Waals surface area contributed by atoms with Crippen LogP contribution in [0, 0.1) is 5.21 Å². The highest BCUT2D eigenvalue weighted by Gasteiger charge is 2.04. The Labute approximate surface area is 60.1 Å². The van der Waals surface area contributed by atoms with Gasteiger partial charge in [0.2, 0.25) is 0 Å². The predicted molar refractivity (Wildman–Crippen MR) is 41.2 cm³/mol. The summed E-state index contributed by atoms with van der Waals surface area (Å²) >= 11 is 0. The molecule has 1 aromatic heterocycles. The number of hydroxylamine groups is 2. The number of quaternary nitrogens is 1. The number of hydrogen-bond donors (Lipinski definition) is 0. The molecule has 1 heterocycles. The molecule has 0 saturated carbocycles. The molecule has 0 N–H and O–H groups in total. The van der Waals surface area contributed by atoms with Crippen LogP contribution in [0.4, 0.5) is 5.69 Å². The van der Waals surface area contributed by atoms with Crippen LogP contribution in [0.3, 0.4) is 0 Å². The monoisotopic (exact) mass is 138 g/mol. The lowest BCUT2D eigenvalue weighted by Crippen LogP contribution is -2.32.